The Labute approximate surface area is 142 Å². The van der Waals surface area contributed by atoms with Gasteiger partial charge in [0.1, 0.15) is 18.6 Å². The highest BCUT2D eigenvalue weighted by molar-refractivity contribution is 5.73. The van der Waals surface area contributed by atoms with Crippen molar-refractivity contribution in [3.63, 3.8) is 0 Å². The molecule has 3 aromatic carbocycles. The average molecular weight is 316 g/mol. The van der Waals surface area contributed by atoms with E-state index in [0.29, 0.717) is 13.0 Å². The summed E-state index contributed by atoms with van der Waals surface area (Å²) in [4.78, 5) is 10.7. The van der Waals surface area contributed by atoms with Crippen LogP contribution in [-0.2, 0) is 17.8 Å². The van der Waals surface area contributed by atoms with E-state index in [-0.39, 0.29) is 0 Å². The number of ether oxygens (including phenoxy) is 1. The highest BCUT2D eigenvalue weighted by Gasteiger charge is 2.10. The van der Waals surface area contributed by atoms with Crippen molar-refractivity contribution in [3.8, 4) is 16.9 Å². The molecule has 0 aliphatic rings. The van der Waals surface area contributed by atoms with Crippen molar-refractivity contribution in [3.05, 3.63) is 90.0 Å². The SMILES string of the molecule is O=CCCc1ccccc1-c1ccccc1OCc1ccccc1. The molecule has 0 heterocycles. The van der Waals surface area contributed by atoms with Crippen LogP contribution < -0.4 is 4.74 Å². The third-order valence-corrected chi connectivity index (χ3v) is 3.96. The number of hydrogen-bond donors (Lipinski definition) is 0. The summed E-state index contributed by atoms with van der Waals surface area (Å²) in [7, 11) is 0. The number of carbonyl (C=O) groups is 1. The predicted octanol–water partition coefficient (Wildman–Crippen LogP) is 5.06. The van der Waals surface area contributed by atoms with Gasteiger partial charge in [-0.25, -0.2) is 0 Å². The van der Waals surface area contributed by atoms with Gasteiger partial charge in [0.05, 0.1) is 0 Å². The lowest BCUT2D eigenvalue weighted by molar-refractivity contribution is -0.107. The molecule has 0 radical (unpaired) electrons. The molecule has 3 rings (SSSR count). The third kappa shape index (κ3) is 3.90. The number of aryl methyl sites for hydroxylation is 1. The lowest BCUT2D eigenvalue weighted by Crippen LogP contribution is -1.98. The minimum Gasteiger partial charge on any atom is -0.488 e. The standard InChI is InChI=1S/C22H20O2/c23-16-8-12-19-11-4-5-13-20(19)21-14-6-7-15-22(21)24-17-18-9-2-1-3-10-18/h1-7,9-11,13-16H,8,12,17H2. The number of para-hydroxylation sites is 1. The van der Waals surface area contributed by atoms with Gasteiger partial charge in [-0.05, 0) is 29.2 Å². The molecule has 0 fully saturated rings. The Morgan fingerprint density at radius 1 is 0.750 bits per heavy atom. The van der Waals surface area contributed by atoms with Crippen molar-refractivity contribution in [2.75, 3.05) is 0 Å². The van der Waals surface area contributed by atoms with Crippen molar-refractivity contribution in [1.29, 1.82) is 0 Å². The predicted molar refractivity (Wildman–Crippen MR) is 97.0 cm³/mol. The minimum absolute atomic E-state index is 0.532. The first kappa shape index (κ1) is 16.0. The average Bonchev–Trinajstić information content (AvgIpc) is 2.66. The molecular weight excluding hydrogens is 296 g/mol. The Morgan fingerprint density at radius 2 is 1.42 bits per heavy atom. The maximum Gasteiger partial charge on any atom is 0.127 e. The molecular formula is C22H20O2. The molecule has 0 saturated carbocycles. The van der Waals surface area contributed by atoms with Crippen LogP contribution in [0.3, 0.4) is 0 Å². The van der Waals surface area contributed by atoms with Crippen LogP contribution in [-0.4, -0.2) is 6.29 Å². The summed E-state index contributed by atoms with van der Waals surface area (Å²) >= 11 is 0. The molecule has 0 aliphatic heterocycles. The van der Waals surface area contributed by atoms with Crippen LogP contribution in [0.5, 0.6) is 5.75 Å². The fourth-order valence-electron chi connectivity index (χ4n) is 2.77. The van der Waals surface area contributed by atoms with E-state index in [1.54, 1.807) is 0 Å². The summed E-state index contributed by atoms with van der Waals surface area (Å²) in [5.41, 5.74) is 4.50. The van der Waals surface area contributed by atoms with Crippen LogP contribution in [0.25, 0.3) is 11.1 Å². The number of hydrogen-bond acceptors (Lipinski definition) is 2. The summed E-state index contributed by atoms with van der Waals surface area (Å²) in [6.07, 6.45) is 2.24. The van der Waals surface area contributed by atoms with Crippen molar-refractivity contribution in [2.45, 2.75) is 19.4 Å². The van der Waals surface area contributed by atoms with Crippen LogP contribution >= 0.6 is 0 Å². The summed E-state index contributed by atoms with van der Waals surface area (Å²) in [6.45, 7) is 0.536. The molecule has 24 heavy (non-hydrogen) atoms. The Balaban J connectivity index is 1.88. The van der Waals surface area contributed by atoms with E-state index >= 15 is 0 Å². The second kappa shape index (κ2) is 8.11. The van der Waals surface area contributed by atoms with Gasteiger partial charge in [-0.15, -0.1) is 0 Å². The Hall–Kier alpha value is -2.87. The fraction of sp³-hybridized carbons (Fsp3) is 0.136. The lowest BCUT2D eigenvalue weighted by atomic mass is 9.96. The first-order chi connectivity index (χ1) is 11.9. The van der Waals surface area contributed by atoms with Gasteiger partial charge in [-0.2, -0.15) is 0 Å². The van der Waals surface area contributed by atoms with Gasteiger partial charge < -0.3 is 9.53 Å². The summed E-state index contributed by atoms with van der Waals surface area (Å²) in [5, 5.41) is 0. The molecule has 0 aliphatic carbocycles. The largest absolute Gasteiger partial charge is 0.488 e. The molecule has 120 valence electrons. The number of aldehydes is 1. The van der Waals surface area contributed by atoms with E-state index in [1.807, 2.05) is 48.5 Å². The highest BCUT2D eigenvalue weighted by Crippen LogP contribution is 2.33. The Morgan fingerprint density at radius 3 is 2.21 bits per heavy atom. The van der Waals surface area contributed by atoms with Crippen LogP contribution in [0.15, 0.2) is 78.9 Å². The molecule has 0 unspecified atom stereocenters. The maximum atomic E-state index is 10.7. The molecule has 0 N–H and O–H groups in total. The van der Waals surface area contributed by atoms with Crippen molar-refractivity contribution in [1.82, 2.24) is 0 Å². The normalized spacial score (nSPS) is 10.3. The van der Waals surface area contributed by atoms with Crippen molar-refractivity contribution >= 4 is 6.29 Å². The van der Waals surface area contributed by atoms with E-state index in [4.69, 9.17) is 4.74 Å². The molecule has 2 nitrogen and oxygen atoms in total. The molecule has 0 aromatic heterocycles. The first-order valence-corrected chi connectivity index (χ1v) is 8.16. The quantitative estimate of drug-likeness (QED) is 0.569. The molecule has 0 bridgehead atoms. The smallest absolute Gasteiger partial charge is 0.127 e. The van der Waals surface area contributed by atoms with Crippen LogP contribution in [0.1, 0.15) is 17.5 Å². The van der Waals surface area contributed by atoms with E-state index < -0.39 is 0 Å². The number of rotatable bonds is 7. The fourth-order valence-corrected chi connectivity index (χ4v) is 2.77. The van der Waals surface area contributed by atoms with Crippen LogP contribution in [0, 0.1) is 0 Å². The van der Waals surface area contributed by atoms with Gasteiger partial charge in [-0.3, -0.25) is 0 Å². The van der Waals surface area contributed by atoms with Gasteiger partial charge in [0, 0.05) is 12.0 Å². The Bertz CT molecular complexity index is 794. The first-order valence-electron chi connectivity index (χ1n) is 8.16. The highest BCUT2D eigenvalue weighted by atomic mass is 16.5. The van der Waals surface area contributed by atoms with Crippen LogP contribution in [0.2, 0.25) is 0 Å². The molecule has 0 amide bonds. The van der Waals surface area contributed by atoms with E-state index in [1.165, 1.54) is 5.56 Å². The summed E-state index contributed by atoms with van der Waals surface area (Å²) in [6, 6.07) is 26.4. The number of carbonyl (C=O) groups excluding carboxylic acids is 1. The minimum atomic E-state index is 0.532. The molecule has 3 aromatic rings. The number of benzene rings is 3. The van der Waals surface area contributed by atoms with E-state index in [2.05, 4.69) is 30.3 Å². The molecule has 2 heteroatoms. The zero-order valence-electron chi connectivity index (χ0n) is 13.5. The maximum absolute atomic E-state index is 10.7. The van der Waals surface area contributed by atoms with Gasteiger partial charge in [0.15, 0.2) is 0 Å². The van der Waals surface area contributed by atoms with Gasteiger partial charge >= 0.3 is 0 Å². The second-order valence-corrected chi connectivity index (χ2v) is 5.63. The van der Waals surface area contributed by atoms with Gasteiger partial charge in [0.25, 0.3) is 0 Å². The van der Waals surface area contributed by atoms with Gasteiger partial charge in [0.2, 0.25) is 0 Å². The zero-order valence-corrected chi connectivity index (χ0v) is 13.5. The monoisotopic (exact) mass is 316 g/mol. The van der Waals surface area contributed by atoms with E-state index in [9.17, 15) is 4.79 Å². The van der Waals surface area contributed by atoms with Crippen LogP contribution in [0.4, 0.5) is 0 Å². The second-order valence-electron chi connectivity index (χ2n) is 5.63. The van der Waals surface area contributed by atoms with Gasteiger partial charge in [-0.1, -0.05) is 72.8 Å². The zero-order chi connectivity index (χ0) is 16.6. The third-order valence-electron chi connectivity index (χ3n) is 3.96. The molecule has 0 spiro atoms. The Kier molecular flexibility index (Phi) is 5.41. The van der Waals surface area contributed by atoms with Crippen molar-refractivity contribution < 1.29 is 9.53 Å². The molecule has 0 saturated heterocycles. The molecule has 0 atom stereocenters. The topological polar surface area (TPSA) is 26.3 Å². The van der Waals surface area contributed by atoms with E-state index in [0.717, 1.165) is 35.1 Å². The van der Waals surface area contributed by atoms with Crippen molar-refractivity contribution in [2.24, 2.45) is 0 Å². The summed E-state index contributed by atoms with van der Waals surface area (Å²) < 4.78 is 6.07. The summed E-state index contributed by atoms with van der Waals surface area (Å²) in [5.74, 6) is 0.861. The lowest BCUT2D eigenvalue weighted by Gasteiger charge is -2.14.